The van der Waals surface area contributed by atoms with Gasteiger partial charge in [0.25, 0.3) is 5.91 Å². The standard InChI is InChI=1S/C11H12ClN3O2/c1-17-7-9(4-12)15-11(16)10-3-2-8(5-13)6-14-10/h2-3,6,9H,4,7H2,1H3,(H,15,16). The topological polar surface area (TPSA) is 75.0 Å². The predicted molar refractivity (Wildman–Crippen MR) is 62.8 cm³/mol. The van der Waals surface area contributed by atoms with Gasteiger partial charge in [0.15, 0.2) is 0 Å². The summed E-state index contributed by atoms with van der Waals surface area (Å²) >= 11 is 5.67. The molecule has 1 aromatic heterocycles. The van der Waals surface area contributed by atoms with E-state index < -0.39 is 0 Å². The zero-order chi connectivity index (χ0) is 12.7. The number of carbonyl (C=O) groups excluding carboxylic acids is 1. The van der Waals surface area contributed by atoms with Gasteiger partial charge in [-0.2, -0.15) is 5.26 Å². The molecule has 0 saturated carbocycles. The van der Waals surface area contributed by atoms with Crippen molar-refractivity contribution < 1.29 is 9.53 Å². The molecular formula is C11H12ClN3O2. The largest absolute Gasteiger partial charge is 0.383 e. The number of pyridine rings is 1. The fraction of sp³-hybridized carbons (Fsp3) is 0.364. The van der Waals surface area contributed by atoms with Crippen molar-refractivity contribution >= 4 is 17.5 Å². The molecule has 0 fully saturated rings. The van der Waals surface area contributed by atoms with Crippen LogP contribution in [-0.2, 0) is 4.74 Å². The molecule has 0 spiro atoms. The molecular weight excluding hydrogens is 242 g/mol. The lowest BCUT2D eigenvalue weighted by Crippen LogP contribution is -2.39. The fourth-order valence-corrected chi connectivity index (χ4v) is 1.35. The van der Waals surface area contributed by atoms with Gasteiger partial charge in [-0.3, -0.25) is 4.79 Å². The molecule has 0 radical (unpaired) electrons. The summed E-state index contributed by atoms with van der Waals surface area (Å²) < 4.78 is 4.91. The van der Waals surface area contributed by atoms with Crippen LogP contribution in [0.2, 0.25) is 0 Å². The number of rotatable bonds is 5. The highest BCUT2D eigenvalue weighted by Gasteiger charge is 2.13. The van der Waals surface area contributed by atoms with Crippen LogP contribution in [0.4, 0.5) is 0 Å². The summed E-state index contributed by atoms with van der Waals surface area (Å²) in [7, 11) is 1.53. The van der Waals surface area contributed by atoms with Crippen molar-refractivity contribution in [3.05, 3.63) is 29.6 Å². The van der Waals surface area contributed by atoms with Crippen LogP contribution in [0.15, 0.2) is 18.3 Å². The first-order valence-corrected chi connectivity index (χ1v) is 5.46. The van der Waals surface area contributed by atoms with Crippen molar-refractivity contribution in [3.8, 4) is 6.07 Å². The summed E-state index contributed by atoms with van der Waals surface area (Å²) in [6.45, 7) is 0.339. The maximum atomic E-state index is 11.7. The molecule has 0 saturated heterocycles. The number of hydrogen-bond donors (Lipinski definition) is 1. The van der Waals surface area contributed by atoms with Gasteiger partial charge in [-0.1, -0.05) is 0 Å². The van der Waals surface area contributed by atoms with E-state index in [-0.39, 0.29) is 23.5 Å². The molecule has 0 bridgehead atoms. The number of alkyl halides is 1. The van der Waals surface area contributed by atoms with E-state index in [9.17, 15) is 4.79 Å². The summed E-state index contributed by atoms with van der Waals surface area (Å²) in [5.74, 6) is -0.0762. The van der Waals surface area contributed by atoms with Crippen molar-refractivity contribution in [2.24, 2.45) is 0 Å². The number of nitrogens with one attached hydrogen (secondary N) is 1. The Bertz CT molecular complexity index is 414. The van der Waals surface area contributed by atoms with Gasteiger partial charge in [0.1, 0.15) is 11.8 Å². The van der Waals surface area contributed by atoms with Crippen LogP contribution in [0.1, 0.15) is 16.1 Å². The van der Waals surface area contributed by atoms with Crippen molar-refractivity contribution in [2.75, 3.05) is 19.6 Å². The molecule has 0 aliphatic heterocycles. The molecule has 1 N–H and O–H groups in total. The Hall–Kier alpha value is -1.64. The number of hydrogen-bond acceptors (Lipinski definition) is 4. The molecule has 1 unspecified atom stereocenters. The molecule has 90 valence electrons. The first kappa shape index (κ1) is 13.4. The van der Waals surface area contributed by atoms with E-state index in [1.54, 1.807) is 0 Å². The average Bonchev–Trinajstić information content (AvgIpc) is 2.38. The molecule has 0 aliphatic rings. The summed E-state index contributed by atoms with van der Waals surface area (Å²) in [6, 6.07) is 4.70. The van der Waals surface area contributed by atoms with Gasteiger partial charge in [0, 0.05) is 19.2 Å². The second-order valence-corrected chi connectivity index (χ2v) is 3.63. The summed E-state index contributed by atoms with van der Waals surface area (Å²) in [4.78, 5) is 15.6. The maximum absolute atomic E-state index is 11.7. The molecule has 0 aliphatic carbocycles. The van der Waals surface area contributed by atoms with Gasteiger partial charge in [0.05, 0.1) is 18.2 Å². The van der Waals surface area contributed by atoms with Crippen molar-refractivity contribution in [1.82, 2.24) is 10.3 Å². The summed E-state index contributed by atoms with van der Waals surface area (Å²) in [5.41, 5.74) is 0.655. The highest BCUT2D eigenvalue weighted by molar-refractivity contribution is 6.18. The Morgan fingerprint density at radius 1 is 1.71 bits per heavy atom. The quantitative estimate of drug-likeness (QED) is 0.793. The van der Waals surface area contributed by atoms with E-state index in [4.69, 9.17) is 21.6 Å². The van der Waals surface area contributed by atoms with Crippen LogP contribution < -0.4 is 5.32 Å². The number of aromatic nitrogens is 1. The van der Waals surface area contributed by atoms with Crippen molar-refractivity contribution in [1.29, 1.82) is 5.26 Å². The number of nitriles is 1. The lowest BCUT2D eigenvalue weighted by atomic mass is 10.2. The Morgan fingerprint density at radius 2 is 2.47 bits per heavy atom. The van der Waals surface area contributed by atoms with E-state index in [1.165, 1.54) is 25.4 Å². The predicted octanol–water partition coefficient (Wildman–Crippen LogP) is 0.937. The molecule has 1 amide bonds. The SMILES string of the molecule is COCC(CCl)NC(=O)c1ccc(C#N)cn1. The van der Waals surface area contributed by atoms with Crippen LogP contribution in [0.5, 0.6) is 0 Å². The fourth-order valence-electron chi connectivity index (χ4n) is 1.18. The number of ether oxygens (including phenoxy) is 1. The van der Waals surface area contributed by atoms with E-state index in [0.717, 1.165) is 0 Å². The number of methoxy groups -OCH3 is 1. The smallest absolute Gasteiger partial charge is 0.270 e. The Labute approximate surface area is 104 Å². The molecule has 5 nitrogen and oxygen atoms in total. The molecule has 1 rings (SSSR count). The van der Waals surface area contributed by atoms with Gasteiger partial charge < -0.3 is 10.1 Å². The number of halogens is 1. The molecule has 1 heterocycles. The Morgan fingerprint density at radius 3 is 2.94 bits per heavy atom. The van der Waals surface area contributed by atoms with Crippen molar-refractivity contribution in [2.45, 2.75) is 6.04 Å². The summed E-state index contributed by atoms with van der Waals surface area (Å²) in [6.07, 6.45) is 1.35. The molecule has 6 heteroatoms. The van der Waals surface area contributed by atoms with Gasteiger partial charge in [-0.15, -0.1) is 11.6 Å². The average molecular weight is 254 g/mol. The zero-order valence-electron chi connectivity index (χ0n) is 9.31. The third kappa shape index (κ3) is 4.02. The number of amides is 1. The maximum Gasteiger partial charge on any atom is 0.270 e. The van der Waals surface area contributed by atoms with E-state index in [2.05, 4.69) is 10.3 Å². The first-order valence-electron chi connectivity index (χ1n) is 4.93. The minimum Gasteiger partial charge on any atom is -0.383 e. The second kappa shape index (κ2) is 6.84. The monoisotopic (exact) mass is 253 g/mol. The lowest BCUT2D eigenvalue weighted by Gasteiger charge is -2.14. The van der Waals surface area contributed by atoms with Crippen LogP contribution in [0, 0.1) is 11.3 Å². The zero-order valence-corrected chi connectivity index (χ0v) is 10.1. The van der Waals surface area contributed by atoms with E-state index in [0.29, 0.717) is 12.2 Å². The van der Waals surface area contributed by atoms with Crippen LogP contribution in [0.25, 0.3) is 0 Å². The third-order valence-corrected chi connectivity index (χ3v) is 2.39. The highest BCUT2D eigenvalue weighted by atomic mass is 35.5. The summed E-state index contributed by atoms with van der Waals surface area (Å²) in [5, 5.41) is 11.3. The Kier molecular flexibility index (Phi) is 5.40. The minimum atomic E-state index is -0.336. The van der Waals surface area contributed by atoms with E-state index >= 15 is 0 Å². The highest BCUT2D eigenvalue weighted by Crippen LogP contribution is 2.00. The van der Waals surface area contributed by atoms with Crippen LogP contribution in [-0.4, -0.2) is 36.5 Å². The first-order chi connectivity index (χ1) is 8.21. The Balaban J connectivity index is 2.66. The lowest BCUT2D eigenvalue weighted by molar-refractivity contribution is 0.0902. The van der Waals surface area contributed by atoms with Crippen LogP contribution >= 0.6 is 11.6 Å². The molecule has 1 atom stereocenters. The molecule has 0 aromatic carbocycles. The molecule has 17 heavy (non-hydrogen) atoms. The second-order valence-electron chi connectivity index (χ2n) is 3.32. The number of carbonyl (C=O) groups is 1. The minimum absolute atomic E-state index is 0.246. The third-order valence-electron chi connectivity index (χ3n) is 2.01. The normalized spacial score (nSPS) is 11.6. The van der Waals surface area contributed by atoms with Gasteiger partial charge in [-0.05, 0) is 12.1 Å². The van der Waals surface area contributed by atoms with Crippen molar-refractivity contribution in [3.63, 3.8) is 0 Å². The van der Waals surface area contributed by atoms with Gasteiger partial charge >= 0.3 is 0 Å². The number of nitrogens with zero attached hydrogens (tertiary/aromatic N) is 2. The van der Waals surface area contributed by atoms with Crippen LogP contribution in [0.3, 0.4) is 0 Å². The van der Waals surface area contributed by atoms with Gasteiger partial charge in [-0.25, -0.2) is 4.98 Å². The van der Waals surface area contributed by atoms with E-state index in [1.807, 2.05) is 6.07 Å². The van der Waals surface area contributed by atoms with Gasteiger partial charge in [0.2, 0.25) is 0 Å². The molecule has 1 aromatic rings.